The lowest BCUT2D eigenvalue weighted by Crippen LogP contribution is -2.17. The molecular weight excluding hydrogens is 248 g/mol. The van der Waals surface area contributed by atoms with E-state index in [1.165, 1.54) is 5.56 Å². The van der Waals surface area contributed by atoms with Crippen LogP contribution in [0.5, 0.6) is 5.75 Å². The van der Waals surface area contributed by atoms with Crippen molar-refractivity contribution in [1.29, 1.82) is 0 Å². The Labute approximate surface area is 114 Å². The molecule has 0 fully saturated rings. The van der Waals surface area contributed by atoms with Crippen molar-refractivity contribution in [3.8, 4) is 5.75 Å². The molecule has 0 radical (unpaired) electrons. The Hall–Kier alpha value is -0.730. The summed E-state index contributed by atoms with van der Waals surface area (Å²) in [5.74, 6) is 1.58. The molecule has 3 heteroatoms. The van der Waals surface area contributed by atoms with E-state index in [4.69, 9.17) is 21.1 Å². The first-order valence-electron chi connectivity index (χ1n) is 6.66. The van der Waals surface area contributed by atoms with Crippen molar-refractivity contribution in [3.63, 3.8) is 0 Å². The van der Waals surface area contributed by atoms with Gasteiger partial charge in [0.2, 0.25) is 0 Å². The summed E-state index contributed by atoms with van der Waals surface area (Å²) in [6.07, 6.45) is 4.17. The largest absolute Gasteiger partial charge is 0.493 e. The highest BCUT2D eigenvalue weighted by molar-refractivity contribution is 6.20. The molecule has 100 valence electrons. The van der Waals surface area contributed by atoms with Gasteiger partial charge in [-0.05, 0) is 43.2 Å². The Morgan fingerprint density at radius 1 is 1.44 bits per heavy atom. The van der Waals surface area contributed by atoms with Gasteiger partial charge in [-0.3, -0.25) is 0 Å². The SMILES string of the molecule is COCCCC(Cl)CC1CCOc2ccccc21. The fourth-order valence-electron chi connectivity index (χ4n) is 2.54. The molecule has 0 spiro atoms. The smallest absolute Gasteiger partial charge is 0.122 e. The minimum Gasteiger partial charge on any atom is -0.493 e. The van der Waals surface area contributed by atoms with Gasteiger partial charge < -0.3 is 9.47 Å². The van der Waals surface area contributed by atoms with Crippen molar-refractivity contribution in [2.45, 2.75) is 37.0 Å². The molecule has 1 heterocycles. The molecule has 0 saturated carbocycles. The van der Waals surface area contributed by atoms with Crippen LogP contribution in [-0.4, -0.2) is 25.7 Å². The van der Waals surface area contributed by atoms with Crippen LogP contribution >= 0.6 is 11.6 Å². The van der Waals surface area contributed by atoms with Gasteiger partial charge in [-0.25, -0.2) is 0 Å². The second-order valence-electron chi connectivity index (χ2n) is 4.84. The zero-order chi connectivity index (χ0) is 12.8. The predicted octanol–water partition coefficient (Wildman–Crippen LogP) is 3.98. The predicted molar refractivity (Wildman–Crippen MR) is 74.7 cm³/mol. The first-order valence-corrected chi connectivity index (χ1v) is 7.09. The van der Waals surface area contributed by atoms with Crippen LogP contribution in [0.4, 0.5) is 0 Å². The van der Waals surface area contributed by atoms with Gasteiger partial charge in [0.1, 0.15) is 5.75 Å². The van der Waals surface area contributed by atoms with E-state index in [2.05, 4.69) is 18.2 Å². The number of hydrogen-bond donors (Lipinski definition) is 0. The van der Waals surface area contributed by atoms with Gasteiger partial charge in [0.25, 0.3) is 0 Å². The van der Waals surface area contributed by atoms with Crippen LogP contribution in [0.1, 0.15) is 37.2 Å². The van der Waals surface area contributed by atoms with Crippen LogP contribution in [0.3, 0.4) is 0 Å². The maximum Gasteiger partial charge on any atom is 0.122 e. The summed E-state index contributed by atoms with van der Waals surface area (Å²) < 4.78 is 10.7. The summed E-state index contributed by atoms with van der Waals surface area (Å²) in [6.45, 7) is 1.61. The number of fused-ring (bicyclic) bond motifs is 1. The van der Waals surface area contributed by atoms with Crippen LogP contribution in [0.25, 0.3) is 0 Å². The molecule has 0 aromatic heterocycles. The average molecular weight is 269 g/mol. The van der Waals surface area contributed by atoms with E-state index < -0.39 is 0 Å². The summed E-state index contributed by atoms with van der Waals surface area (Å²) >= 11 is 6.42. The fraction of sp³-hybridized carbons (Fsp3) is 0.600. The monoisotopic (exact) mass is 268 g/mol. The van der Waals surface area contributed by atoms with E-state index in [-0.39, 0.29) is 5.38 Å². The fourth-order valence-corrected chi connectivity index (χ4v) is 2.91. The van der Waals surface area contributed by atoms with Crippen LogP contribution in [0.2, 0.25) is 0 Å². The Bertz CT molecular complexity index is 367. The number of halogens is 1. The maximum absolute atomic E-state index is 6.42. The van der Waals surface area contributed by atoms with Crippen molar-refractivity contribution in [1.82, 2.24) is 0 Å². The molecule has 2 rings (SSSR count). The van der Waals surface area contributed by atoms with Gasteiger partial charge in [-0.15, -0.1) is 11.6 Å². The Morgan fingerprint density at radius 2 is 2.28 bits per heavy atom. The highest BCUT2D eigenvalue weighted by atomic mass is 35.5. The number of methoxy groups -OCH3 is 1. The topological polar surface area (TPSA) is 18.5 Å². The second kappa shape index (κ2) is 7.01. The molecule has 0 N–H and O–H groups in total. The van der Waals surface area contributed by atoms with Gasteiger partial charge >= 0.3 is 0 Å². The van der Waals surface area contributed by atoms with Gasteiger partial charge in [-0.1, -0.05) is 18.2 Å². The quantitative estimate of drug-likeness (QED) is 0.574. The minimum absolute atomic E-state index is 0.233. The van der Waals surface area contributed by atoms with Gasteiger partial charge in [-0.2, -0.15) is 0 Å². The molecule has 0 amide bonds. The molecule has 2 nitrogen and oxygen atoms in total. The van der Waals surface area contributed by atoms with Crippen LogP contribution < -0.4 is 4.74 Å². The third-order valence-corrected chi connectivity index (χ3v) is 3.89. The van der Waals surface area contributed by atoms with E-state index in [1.807, 2.05) is 6.07 Å². The number of ether oxygens (including phenoxy) is 2. The Kier molecular flexibility index (Phi) is 5.33. The van der Waals surface area contributed by atoms with Gasteiger partial charge in [0.15, 0.2) is 0 Å². The van der Waals surface area contributed by atoms with Crippen molar-refractivity contribution in [2.75, 3.05) is 20.3 Å². The van der Waals surface area contributed by atoms with E-state index in [0.29, 0.717) is 5.92 Å². The van der Waals surface area contributed by atoms with Gasteiger partial charge in [0, 0.05) is 19.1 Å². The zero-order valence-corrected chi connectivity index (χ0v) is 11.7. The molecule has 1 aliphatic rings. The number of benzene rings is 1. The number of para-hydroxylation sites is 1. The molecular formula is C15H21ClO2. The molecule has 2 unspecified atom stereocenters. The van der Waals surface area contributed by atoms with Crippen molar-refractivity contribution >= 4 is 11.6 Å². The minimum atomic E-state index is 0.233. The first kappa shape index (κ1) is 13.7. The van der Waals surface area contributed by atoms with Gasteiger partial charge in [0.05, 0.1) is 6.61 Å². The summed E-state index contributed by atoms with van der Waals surface area (Å²) in [6, 6.07) is 8.32. The van der Waals surface area contributed by atoms with Crippen molar-refractivity contribution in [3.05, 3.63) is 29.8 Å². The Morgan fingerprint density at radius 3 is 3.11 bits per heavy atom. The number of hydrogen-bond acceptors (Lipinski definition) is 2. The van der Waals surface area contributed by atoms with Crippen molar-refractivity contribution < 1.29 is 9.47 Å². The molecule has 1 aliphatic heterocycles. The van der Waals surface area contributed by atoms with E-state index >= 15 is 0 Å². The molecule has 2 atom stereocenters. The first-order chi connectivity index (χ1) is 8.81. The highest BCUT2D eigenvalue weighted by Gasteiger charge is 2.23. The third-order valence-electron chi connectivity index (χ3n) is 3.49. The molecule has 1 aromatic rings. The third kappa shape index (κ3) is 3.63. The normalized spacial score (nSPS) is 20.0. The van der Waals surface area contributed by atoms with E-state index in [0.717, 1.165) is 44.6 Å². The average Bonchev–Trinajstić information content (AvgIpc) is 2.39. The molecule has 18 heavy (non-hydrogen) atoms. The highest BCUT2D eigenvalue weighted by Crippen LogP contribution is 2.37. The van der Waals surface area contributed by atoms with E-state index in [9.17, 15) is 0 Å². The zero-order valence-electron chi connectivity index (χ0n) is 10.9. The summed E-state index contributed by atoms with van der Waals surface area (Å²) in [4.78, 5) is 0. The molecule has 0 aliphatic carbocycles. The van der Waals surface area contributed by atoms with Crippen LogP contribution in [0.15, 0.2) is 24.3 Å². The lowest BCUT2D eigenvalue weighted by atomic mass is 9.88. The number of rotatable bonds is 6. The lowest BCUT2D eigenvalue weighted by Gasteiger charge is -2.27. The number of alkyl halides is 1. The van der Waals surface area contributed by atoms with Crippen LogP contribution in [-0.2, 0) is 4.74 Å². The molecule has 1 aromatic carbocycles. The summed E-state index contributed by atoms with van der Waals surface area (Å²) in [5.41, 5.74) is 1.32. The van der Waals surface area contributed by atoms with Crippen LogP contribution in [0, 0.1) is 0 Å². The second-order valence-corrected chi connectivity index (χ2v) is 5.46. The van der Waals surface area contributed by atoms with Crippen molar-refractivity contribution in [2.24, 2.45) is 0 Å². The lowest BCUT2D eigenvalue weighted by molar-refractivity contribution is 0.191. The van der Waals surface area contributed by atoms with E-state index in [1.54, 1.807) is 7.11 Å². The maximum atomic E-state index is 6.42. The molecule has 0 saturated heterocycles. The summed E-state index contributed by atoms with van der Waals surface area (Å²) in [7, 11) is 1.73. The summed E-state index contributed by atoms with van der Waals surface area (Å²) in [5, 5.41) is 0.233. The Balaban J connectivity index is 1.90. The molecule has 0 bridgehead atoms. The standard InChI is InChI=1S/C15H21ClO2/c1-17-9-4-5-13(16)11-12-8-10-18-15-7-3-2-6-14(12)15/h2-3,6-7,12-13H,4-5,8-11H2,1H3.